The number of imidazole rings is 1. The lowest BCUT2D eigenvalue weighted by atomic mass is 9.88. The fraction of sp³-hybridized carbons (Fsp3) is 0.240. The summed E-state index contributed by atoms with van der Waals surface area (Å²) < 4.78 is 3.14. The molecule has 0 aliphatic carbocycles. The van der Waals surface area contributed by atoms with Crippen molar-refractivity contribution in [2.24, 2.45) is 7.05 Å². The van der Waals surface area contributed by atoms with Crippen LogP contribution >= 0.6 is 0 Å². The first-order chi connectivity index (χ1) is 15.5. The lowest BCUT2D eigenvalue weighted by molar-refractivity contribution is 0.730. The highest BCUT2D eigenvalue weighted by Gasteiger charge is 2.18. The van der Waals surface area contributed by atoms with Crippen molar-refractivity contribution in [2.75, 3.05) is 11.9 Å². The second-order valence-electron chi connectivity index (χ2n) is 8.06. The summed E-state index contributed by atoms with van der Waals surface area (Å²) in [4.78, 5) is 31.5. The molecule has 2 aromatic carbocycles. The Morgan fingerprint density at radius 3 is 2.22 bits per heavy atom. The van der Waals surface area contributed by atoms with Crippen molar-refractivity contribution in [3.8, 4) is 0 Å². The van der Waals surface area contributed by atoms with Crippen LogP contribution in [0.4, 0.5) is 5.95 Å². The smallest absolute Gasteiger partial charge is 0.329 e. The molecule has 32 heavy (non-hydrogen) atoms. The molecular formula is C25H27N5O2. The van der Waals surface area contributed by atoms with E-state index in [0.717, 1.165) is 12.0 Å². The molecule has 0 fully saturated rings. The largest absolute Gasteiger partial charge is 0.356 e. The van der Waals surface area contributed by atoms with Gasteiger partial charge in [0.15, 0.2) is 11.2 Å². The van der Waals surface area contributed by atoms with E-state index in [1.807, 2.05) is 19.1 Å². The Balaban J connectivity index is 1.65. The molecule has 4 aromatic rings. The number of benzene rings is 2. The Kier molecular flexibility index (Phi) is 6.07. The molecule has 0 saturated carbocycles. The average Bonchev–Trinajstić information content (AvgIpc) is 3.14. The van der Waals surface area contributed by atoms with Crippen LogP contribution < -0.4 is 16.6 Å². The minimum absolute atomic E-state index is 0.219. The zero-order chi connectivity index (χ0) is 22.7. The zero-order valence-corrected chi connectivity index (χ0v) is 18.3. The van der Waals surface area contributed by atoms with Gasteiger partial charge in [-0.05, 0) is 24.5 Å². The number of hydrogen-bond donors (Lipinski definition) is 2. The number of aromatic amines is 1. The number of allylic oxidation sites excluding steroid dienone is 1. The molecule has 0 aliphatic heterocycles. The third-order valence-corrected chi connectivity index (χ3v) is 5.56. The van der Waals surface area contributed by atoms with Crippen molar-refractivity contribution in [1.29, 1.82) is 0 Å². The summed E-state index contributed by atoms with van der Waals surface area (Å²) in [6, 6.07) is 20.8. The molecule has 2 N–H and O–H groups in total. The van der Waals surface area contributed by atoms with Crippen LogP contribution in [-0.2, 0) is 13.6 Å². The molecule has 0 amide bonds. The van der Waals surface area contributed by atoms with E-state index in [-0.39, 0.29) is 5.92 Å². The third kappa shape index (κ3) is 4.27. The van der Waals surface area contributed by atoms with Crippen LogP contribution in [0, 0.1) is 0 Å². The molecule has 0 aliphatic rings. The number of aryl methyl sites for hydroxylation is 1. The first-order valence-corrected chi connectivity index (χ1v) is 10.6. The summed E-state index contributed by atoms with van der Waals surface area (Å²) in [5, 5.41) is 3.39. The molecule has 7 heteroatoms. The second kappa shape index (κ2) is 9.09. The summed E-state index contributed by atoms with van der Waals surface area (Å²) in [5.74, 6) is 0.770. The highest BCUT2D eigenvalue weighted by atomic mass is 16.2. The molecule has 2 aromatic heterocycles. The molecule has 0 unspecified atom stereocenters. The Morgan fingerprint density at radius 1 is 1.06 bits per heavy atom. The third-order valence-electron chi connectivity index (χ3n) is 5.56. The molecule has 0 saturated heterocycles. The lowest BCUT2D eigenvalue weighted by Gasteiger charge is -2.19. The van der Waals surface area contributed by atoms with E-state index in [2.05, 4.69) is 70.4 Å². The maximum absolute atomic E-state index is 12.5. The van der Waals surface area contributed by atoms with E-state index in [0.29, 0.717) is 30.2 Å². The molecule has 0 radical (unpaired) electrons. The molecular weight excluding hydrogens is 402 g/mol. The van der Waals surface area contributed by atoms with Gasteiger partial charge in [-0.3, -0.25) is 14.3 Å². The van der Waals surface area contributed by atoms with Crippen molar-refractivity contribution in [1.82, 2.24) is 19.1 Å². The van der Waals surface area contributed by atoms with Crippen LogP contribution in [-0.4, -0.2) is 25.6 Å². The summed E-state index contributed by atoms with van der Waals surface area (Å²) in [6.45, 7) is 6.94. The second-order valence-corrected chi connectivity index (χ2v) is 8.06. The summed E-state index contributed by atoms with van der Waals surface area (Å²) in [6.07, 6.45) is 0.833. The standard InChI is InChI=1S/C25H27N5O2/c1-17(2)16-30-21-22(29(3)25(32)28-23(21)31)27-24(30)26-15-14-20(18-10-6-4-7-11-18)19-12-8-5-9-13-19/h4-13,20H,1,14-16H2,2-3H3,(H,26,27)(H,28,31,32). The van der Waals surface area contributed by atoms with Gasteiger partial charge in [0.05, 0.1) is 0 Å². The molecule has 7 nitrogen and oxygen atoms in total. The minimum Gasteiger partial charge on any atom is -0.356 e. The number of fused-ring (bicyclic) bond motifs is 1. The first-order valence-electron chi connectivity index (χ1n) is 10.6. The van der Waals surface area contributed by atoms with Gasteiger partial charge in [0.25, 0.3) is 5.56 Å². The monoisotopic (exact) mass is 429 g/mol. The molecule has 0 spiro atoms. The van der Waals surface area contributed by atoms with E-state index in [1.54, 1.807) is 11.6 Å². The average molecular weight is 430 g/mol. The van der Waals surface area contributed by atoms with Crippen molar-refractivity contribution < 1.29 is 0 Å². The van der Waals surface area contributed by atoms with Crippen molar-refractivity contribution in [2.45, 2.75) is 25.8 Å². The highest BCUT2D eigenvalue weighted by molar-refractivity contribution is 5.74. The number of nitrogens with zero attached hydrogens (tertiary/aromatic N) is 3. The van der Waals surface area contributed by atoms with Gasteiger partial charge in [0.2, 0.25) is 5.95 Å². The summed E-state index contributed by atoms with van der Waals surface area (Å²) in [7, 11) is 1.60. The Hall–Kier alpha value is -3.87. The van der Waals surface area contributed by atoms with Crippen LogP contribution in [0.5, 0.6) is 0 Å². The van der Waals surface area contributed by atoms with Crippen molar-refractivity contribution >= 4 is 17.1 Å². The highest BCUT2D eigenvalue weighted by Crippen LogP contribution is 2.28. The predicted molar refractivity (Wildman–Crippen MR) is 128 cm³/mol. The van der Waals surface area contributed by atoms with Gasteiger partial charge >= 0.3 is 5.69 Å². The SMILES string of the molecule is C=C(C)Cn1c(NCCC(c2ccccc2)c2ccccc2)nc2c1c(=O)[nH]c(=O)n2C. The van der Waals surface area contributed by atoms with Crippen LogP contribution in [0.15, 0.2) is 82.4 Å². The van der Waals surface area contributed by atoms with Crippen LogP contribution in [0.3, 0.4) is 0 Å². The molecule has 0 bridgehead atoms. The van der Waals surface area contributed by atoms with Gasteiger partial charge in [-0.25, -0.2) is 4.79 Å². The molecule has 2 heterocycles. The number of aromatic nitrogens is 4. The number of rotatable bonds is 8. The van der Waals surface area contributed by atoms with Crippen molar-refractivity contribution in [3.05, 3.63) is 105 Å². The van der Waals surface area contributed by atoms with Gasteiger partial charge in [0.1, 0.15) is 0 Å². The minimum atomic E-state index is -0.484. The summed E-state index contributed by atoms with van der Waals surface area (Å²) in [5.41, 5.74) is 3.15. The lowest BCUT2D eigenvalue weighted by Crippen LogP contribution is -2.29. The van der Waals surface area contributed by atoms with E-state index < -0.39 is 11.2 Å². The van der Waals surface area contributed by atoms with Crippen LogP contribution in [0.2, 0.25) is 0 Å². The number of hydrogen-bond acceptors (Lipinski definition) is 4. The maximum Gasteiger partial charge on any atom is 0.329 e. The molecule has 164 valence electrons. The number of H-pyrrole nitrogens is 1. The first kappa shape index (κ1) is 21.4. The van der Waals surface area contributed by atoms with E-state index in [4.69, 9.17) is 0 Å². The Labute approximate surface area is 186 Å². The van der Waals surface area contributed by atoms with E-state index >= 15 is 0 Å². The van der Waals surface area contributed by atoms with Gasteiger partial charge in [0, 0.05) is 26.1 Å². The van der Waals surface area contributed by atoms with Gasteiger partial charge < -0.3 is 9.88 Å². The quantitative estimate of drug-likeness (QED) is 0.419. The Bertz CT molecular complexity index is 1310. The predicted octanol–water partition coefficient (Wildman–Crippen LogP) is 3.63. The Morgan fingerprint density at radius 2 is 1.66 bits per heavy atom. The fourth-order valence-corrected chi connectivity index (χ4v) is 4.02. The molecule has 0 atom stereocenters. The van der Waals surface area contributed by atoms with E-state index in [1.165, 1.54) is 15.7 Å². The number of nitrogens with one attached hydrogen (secondary N) is 2. The zero-order valence-electron chi connectivity index (χ0n) is 18.3. The topological polar surface area (TPSA) is 84.7 Å². The number of anilines is 1. The van der Waals surface area contributed by atoms with Crippen LogP contribution in [0.1, 0.15) is 30.4 Å². The van der Waals surface area contributed by atoms with E-state index in [9.17, 15) is 9.59 Å². The van der Waals surface area contributed by atoms with Gasteiger partial charge in [-0.1, -0.05) is 72.8 Å². The van der Waals surface area contributed by atoms with Gasteiger partial charge in [-0.15, -0.1) is 0 Å². The maximum atomic E-state index is 12.5. The summed E-state index contributed by atoms with van der Waals surface area (Å²) >= 11 is 0. The normalized spacial score (nSPS) is 11.2. The van der Waals surface area contributed by atoms with Crippen LogP contribution in [0.25, 0.3) is 11.2 Å². The van der Waals surface area contributed by atoms with Gasteiger partial charge in [-0.2, -0.15) is 4.98 Å². The fourth-order valence-electron chi connectivity index (χ4n) is 4.02. The molecule has 4 rings (SSSR count). The van der Waals surface area contributed by atoms with Crippen molar-refractivity contribution in [3.63, 3.8) is 0 Å².